The summed E-state index contributed by atoms with van der Waals surface area (Å²) >= 11 is 0. The fourth-order valence-corrected chi connectivity index (χ4v) is 5.65. The molecule has 1 aliphatic carbocycles. The van der Waals surface area contributed by atoms with E-state index in [2.05, 4.69) is 17.6 Å². The minimum Gasteiger partial charge on any atom is -0.334 e. The molecule has 3 rings (SSSR count). The molecule has 0 aromatic heterocycles. The lowest BCUT2D eigenvalue weighted by Crippen LogP contribution is -2.97. The van der Waals surface area contributed by atoms with Crippen molar-refractivity contribution in [3.05, 3.63) is 24.3 Å². The summed E-state index contributed by atoms with van der Waals surface area (Å²) in [4.78, 5) is 12.8. The average molecular weight is 395 g/mol. The third-order valence-electron chi connectivity index (χ3n) is 5.95. The molecule has 0 unspecified atom stereocenters. The molecule has 1 saturated carbocycles. The summed E-state index contributed by atoms with van der Waals surface area (Å²) in [5, 5.41) is 5.10. The van der Waals surface area contributed by atoms with Crippen LogP contribution in [0.25, 0.3) is 0 Å². The zero-order chi connectivity index (χ0) is 19.4. The van der Waals surface area contributed by atoms with Gasteiger partial charge in [-0.05, 0) is 63.3 Å². The van der Waals surface area contributed by atoms with Gasteiger partial charge < -0.3 is 10.6 Å². The molecule has 1 aromatic rings. The van der Waals surface area contributed by atoms with Gasteiger partial charge in [0.15, 0.2) is 6.04 Å². The van der Waals surface area contributed by atoms with Crippen LogP contribution in [0.15, 0.2) is 29.2 Å². The molecule has 3 N–H and O–H groups in total. The van der Waals surface area contributed by atoms with Crippen LogP contribution in [0.1, 0.15) is 52.4 Å². The molecule has 7 heteroatoms. The first-order chi connectivity index (χ1) is 12.9. The van der Waals surface area contributed by atoms with Gasteiger partial charge in [0.25, 0.3) is 5.91 Å². The molecule has 0 bridgehead atoms. The SMILES string of the molecule is C[C@H]([NH2+][C@@H]1CCCC[C@H]1C)C(=O)Nc1ccc(S(=O)(=O)N2CCCC2)cc1. The fraction of sp³-hybridized carbons (Fsp3) is 0.650. The summed E-state index contributed by atoms with van der Waals surface area (Å²) in [5.74, 6) is 0.604. The zero-order valence-electron chi connectivity index (χ0n) is 16.4. The maximum Gasteiger partial charge on any atom is 0.282 e. The van der Waals surface area contributed by atoms with E-state index < -0.39 is 10.0 Å². The van der Waals surface area contributed by atoms with E-state index in [1.54, 1.807) is 24.3 Å². The first kappa shape index (κ1) is 20.3. The third-order valence-corrected chi connectivity index (χ3v) is 7.86. The van der Waals surface area contributed by atoms with Crippen LogP contribution in [0, 0.1) is 5.92 Å². The van der Waals surface area contributed by atoms with Gasteiger partial charge >= 0.3 is 0 Å². The number of carbonyl (C=O) groups is 1. The van der Waals surface area contributed by atoms with Crippen molar-refractivity contribution in [1.82, 2.24) is 4.31 Å². The topological polar surface area (TPSA) is 83.1 Å². The first-order valence-corrected chi connectivity index (χ1v) is 11.6. The Hall–Kier alpha value is -1.44. The van der Waals surface area contributed by atoms with Gasteiger partial charge in [-0.15, -0.1) is 0 Å². The zero-order valence-corrected chi connectivity index (χ0v) is 17.2. The summed E-state index contributed by atoms with van der Waals surface area (Å²) in [5.41, 5.74) is 0.636. The third kappa shape index (κ3) is 4.89. The highest BCUT2D eigenvalue weighted by atomic mass is 32.2. The largest absolute Gasteiger partial charge is 0.334 e. The maximum atomic E-state index is 12.6. The van der Waals surface area contributed by atoms with Gasteiger partial charge in [-0.3, -0.25) is 4.79 Å². The van der Waals surface area contributed by atoms with Crippen LogP contribution in [-0.2, 0) is 14.8 Å². The van der Waals surface area contributed by atoms with Crippen LogP contribution in [0.4, 0.5) is 5.69 Å². The summed E-state index contributed by atoms with van der Waals surface area (Å²) in [6, 6.07) is 6.87. The minimum absolute atomic E-state index is 0.0390. The van der Waals surface area contributed by atoms with Crippen molar-refractivity contribution in [2.75, 3.05) is 18.4 Å². The number of carbonyl (C=O) groups excluding carboxylic acids is 1. The van der Waals surface area contributed by atoms with E-state index in [-0.39, 0.29) is 16.8 Å². The number of nitrogens with two attached hydrogens (primary N) is 1. The first-order valence-electron chi connectivity index (χ1n) is 10.1. The monoisotopic (exact) mass is 394 g/mol. The Bertz CT molecular complexity index is 742. The van der Waals surface area contributed by atoms with Crippen LogP contribution >= 0.6 is 0 Å². The number of anilines is 1. The number of hydrogen-bond acceptors (Lipinski definition) is 3. The predicted molar refractivity (Wildman–Crippen MR) is 106 cm³/mol. The highest BCUT2D eigenvalue weighted by Crippen LogP contribution is 2.23. The molecule has 150 valence electrons. The minimum atomic E-state index is -3.41. The number of nitrogens with zero attached hydrogens (tertiary/aromatic N) is 1. The smallest absolute Gasteiger partial charge is 0.282 e. The molecule has 6 nitrogen and oxygen atoms in total. The molecular formula is C20H32N3O3S+. The van der Waals surface area contributed by atoms with Crippen molar-refractivity contribution >= 4 is 21.6 Å². The molecule has 1 aromatic carbocycles. The van der Waals surface area contributed by atoms with Crippen LogP contribution in [0.3, 0.4) is 0 Å². The number of amides is 1. The van der Waals surface area contributed by atoms with E-state index in [4.69, 9.17) is 0 Å². The number of sulfonamides is 1. The van der Waals surface area contributed by atoms with Gasteiger partial charge in [-0.25, -0.2) is 8.42 Å². The van der Waals surface area contributed by atoms with E-state index in [9.17, 15) is 13.2 Å². The Morgan fingerprint density at radius 2 is 1.74 bits per heavy atom. The highest BCUT2D eigenvalue weighted by Gasteiger charge is 2.29. The average Bonchev–Trinajstić information content (AvgIpc) is 3.19. The second-order valence-electron chi connectivity index (χ2n) is 8.03. The number of hydrogen-bond donors (Lipinski definition) is 2. The number of rotatable bonds is 6. The molecule has 3 atom stereocenters. The Kier molecular flexibility index (Phi) is 6.55. The van der Waals surface area contributed by atoms with Gasteiger partial charge in [-0.1, -0.05) is 13.3 Å². The molecule has 2 fully saturated rings. The molecule has 1 saturated heterocycles. The van der Waals surface area contributed by atoms with Crippen molar-refractivity contribution in [3.8, 4) is 0 Å². The van der Waals surface area contributed by atoms with Gasteiger partial charge in [0.1, 0.15) is 0 Å². The van der Waals surface area contributed by atoms with Crippen molar-refractivity contribution in [2.45, 2.75) is 69.4 Å². The lowest BCUT2D eigenvalue weighted by molar-refractivity contribution is -0.714. The van der Waals surface area contributed by atoms with Gasteiger partial charge in [0.2, 0.25) is 10.0 Å². The second-order valence-corrected chi connectivity index (χ2v) is 9.97. The molecule has 27 heavy (non-hydrogen) atoms. The quantitative estimate of drug-likeness (QED) is 0.773. The fourth-order valence-electron chi connectivity index (χ4n) is 4.13. The normalized spacial score (nSPS) is 25.3. The Labute approximate surface area is 162 Å². The highest BCUT2D eigenvalue weighted by molar-refractivity contribution is 7.89. The standard InChI is InChI=1S/C20H31N3O3S/c1-15-7-3-4-8-19(15)21-16(2)20(24)22-17-9-11-18(12-10-17)27(25,26)23-13-5-6-14-23/h9-12,15-16,19,21H,3-8,13-14H2,1-2H3,(H,22,24)/p+1/t15-,16+,19-/m1/s1. The maximum absolute atomic E-state index is 12.6. The molecule has 1 amide bonds. The van der Waals surface area contributed by atoms with E-state index in [0.717, 1.165) is 12.8 Å². The van der Waals surface area contributed by atoms with Crippen LogP contribution < -0.4 is 10.6 Å². The van der Waals surface area contributed by atoms with Crippen molar-refractivity contribution in [1.29, 1.82) is 0 Å². The molecule has 1 aliphatic heterocycles. The number of nitrogens with one attached hydrogen (secondary N) is 1. The summed E-state index contributed by atoms with van der Waals surface area (Å²) in [7, 11) is -3.41. The van der Waals surface area contributed by atoms with Gasteiger partial charge in [-0.2, -0.15) is 4.31 Å². The Morgan fingerprint density at radius 1 is 1.11 bits per heavy atom. The summed E-state index contributed by atoms with van der Waals surface area (Å²) < 4.78 is 26.7. The van der Waals surface area contributed by atoms with E-state index in [1.165, 1.54) is 30.0 Å². The molecule has 1 heterocycles. The predicted octanol–water partition coefficient (Wildman–Crippen LogP) is 1.94. The summed E-state index contributed by atoms with van der Waals surface area (Å²) in [6.45, 7) is 5.38. The Morgan fingerprint density at radius 3 is 2.37 bits per heavy atom. The lowest BCUT2D eigenvalue weighted by Gasteiger charge is -2.28. The van der Waals surface area contributed by atoms with Crippen molar-refractivity contribution in [3.63, 3.8) is 0 Å². The van der Waals surface area contributed by atoms with Crippen LogP contribution in [0.2, 0.25) is 0 Å². The Balaban J connectivity index is 1.58. The number of quaternary nitrogens is 1. The summed E-state index contributed by atoms with van der Waals surface area (Å²) in [6.07, 6.45) is 6.78. The van der Waals surface area contributed by atoms with Gasteiger partial charge in [0.05, 0.1) is 10.9 Å². The molecule has 2 aliphatic rings. The van der Waals surface area contributed by atoms with E-state index in [0.29, 0.717) is 30.7 Å². The van der Waals surface area contributed by atoms with Crippen LogP contribution in [0.5, 0.6) is 0 Å². The van der Waals surface area contributed by atoms with Crippen LogP contribution in [-0.4, -0.2) is 43.8 Å². The van der Waals surface area contributed by atoms with E-state index >= 15 is 0 Å². The van der Waals surface area contributed by atoms with E-state index in [1.807, 2.05) is 6.92 Å². The molecule has 0 radical (unpaired) electrons. The molecule has 0 spiro atoms. The molecular weight excluding hydrogens is 362 g/mol. The lowest BCUT2D eigenvalue weighted by atomic mass is 9.85. The van der Waals surface area contributed by atoms with Crippen molar-refractivity contribution in [2.24, 2.45) is 5.92 Å². The van der Waals surface area contributed by atoms with Crippen molar-refractivity contribution < 1.29 is 18.5 Å². The van der Waals surface area contributed by atoms with Gasteiger partial charge in [0, 0.05) is 24.7 Å². The second kappa shape index (κ2) is 8.71. The number of benzene rings is 1.